The van der Waals surface area contributed by atoms with Gasteiger partial charge in [-0.15, -0.1) is 0 Å². The molecule has 0 radical (unpaired) electrons. The molecule has 1 aliphatic heterocycles. The molecule has 3 atom stereocenters. The maximum atomic E-state index is 13.6. The summed E-state index contributed by atoms with van der Waals surface area (Å²) < 4.78 is 28.7. The zero-order chi connectivity index (χ0) is 23.5. The lowest BCUT2D eigenvalue weighted by molar-refractivity contribution is -0.134. The normalized spacial score (nSPS) is 28.7. The third-order valence-electron chi connectivity index (χ3n) is 7.75. The molecule has 1 unspecified atom stereocenters. The lowest BCUT2D eigenvalue weighted by Gasteiger charge is -2.39. The van der Waals surface area contributed by atoms with E-state index in [-0.39, 0.29) is 59.9 Å². The fourth-order valence-corrected chi connectivity index (χ4v) is 6.07. The fourth-order valence-electron chi connectivity index (χ4n) is 5.84. The van der Waals surface area contributed by atoms with Crippen molar-refractivity contribution in [3.8, 4) is 0 Å². The zero-order valence-corrected chi connectivity index (χ0v) is 20.0. The number of carbonyl (C=O) groups excluding carboxylic acids is 2. The molecule has 3 aliphatic rings. The van der Waals surface area contributed by atoms with Crippen molar-refractivity contribution in [2.45, 2.75) is 83.7 Å². The van der Waals surface area contributed by atoms with Crippen molar-refractivity contribution < 1.29 is 18.4 Å². The minimum Gasteiger partial charge on any atom is -0.351 e. The SMILES string of the molecule is Cn1ncc(Cl)c1CC(=O)N1CC[C@@H](NC(=O)C2CC23CCC(F)(F)CC3)[C@@H]1C(C)(C)C. The van der Waals surface area contributed by atoms with Crippen LogP contribution in [0.1, 0.15) is 65.0 Å². The molecule has 0 aromatic carbocycles. The second-order valence-corrected chi connectivity index (χ2v) is 11.4. The van der Waals surface area contributed by atoms with Crippen LogP contribution >= 0.6 is 11.6 Å². The topological polar surface area (TPSA) is 67.2 Å². The van der Waals surface area contributed by atoms with Crippen LogP contribution in [0.4, 0.5) is 8.78 Å². The molecule has 1 N–H and O–H groups in total. The van der Waals surface area contributed by atoms with Crippen molar-refractivity contribution in [3.63, 3.8) is 0 Å². The number of alkyl halides is 2. The van der Waals surface area contributed by atoms with Gasteiger partial charge >= 0.3 is 0 Å². The van der Waals surface area contributed by atoms with Gasteiger partial charge in [-0.3, -0.25) is 14.3 Å². The first-order valence-corrected chi connectivity index (χ1v) is 11.8. The van der Waals surface area contributed by atoms with E-state index in [1.807, 2.05) is 4.90 Å². The van der Waals surface area contributed by atoms with E-state index in [2.05, 4.69) is 31.2 Å². The van der Waals surface area contributed by atoms with Gasteiger partial charge in [-0.1, -0.05) is 32.4 Å². The first kappa shape index (κ1) is 23.5. The van der Waals surface area contributed by atoms with Crippen LogP contribution in [0, 0.1) is 16.7 Å². The third-order valence-corrected chi connectivity index (χ3v) is 8.06. The van der Waals surface area contributed by atoms with Crippen LogP contribution in [-0.4, -0.2) is 51.0 Å². The second kappa shape index (κ2) is 7.96. The maximum Gasteiger partial charge on any atom is 0.248 e. The van der Waals surface area contributed by atoms with Gasteiger partial charge in [-0.2, -0.15) is 5.10 Å². The Labute approximate surface area is 193 Å². The highest BCUT2D eigenvalue weighted by Crippen LogP contribution is 2.63. The molecule has 1 aromatic rings. The number of aromatic nitrogens is 2. The van der Waals surface area contributed by atoms with Crippen LogP contribution in [0.5, 0.6) is 0 Å². The van der Waals surface area contributed by atoms with Crippen molar-refractivity contribution in [1.29, 1.82) is 0 Å². The molecule has 4 rings (SSSR count). The van der Waals surface area contributed by atoms with Gasteiger partial charge in [0, 0.05) is 32.4 Å². The highest BCUT2D eigenvalue weighted by atomic mass is 35.5. The molecule has 9 heteroatoms. The van der Waals surface area contributed by atoms with E-state index in [1.54, 1.807) is 11.7 Å². The van der Waals surface area contributed by atoms with E-state index < -0.39 is 5.92 Å². The van der Waals surface area contributed by atoms with Crippen LogP contribution in [0.15, 0.2) is 6.20 Å². The summed E-state index contributed by atoms with van der Waals surface area (Å²) in [6, 6.07) is -0.313. The fraction of sp³-hybridized carbons (Fsp3) is 0.783. The minimum absolute atomic E-state index is 0.0374. The number of carbonyl (C=O) groups is 2. The minimum atomic E-state index is -2.59. The number of likely N-dealkylation sites (tertiary alicyclic amines) is 1. The number of aryl methyl sites for hydroxylation is 1. The zero-order valence-electron chi connectivity index (χ0n) is 19.3. The summed E-state index contributed by atoms with van der Waals surface area (Å²) in [6.45, 7) is 6.77. The van der Waals surface area contributed by atoms with Gasteiger partial charge in [0.15, 0.2) is 0 Å². The number of halogens is 3. The van der Waals surface area contributed by atoms with Crippen molar-refractivity contribution >= 4 is 23.4 Å². The molecule has 6 nitrogen and oxygen atoms in total. The van der Waals surface area contributed by atoms with Crippen molar-refractivity contribution in [3.05, 3.63) is 16.9 Å². The molecule has 2 amide bonds. The standard InChI is InChI=1S/C23H33ClF2N4O2/c1-21(2,3)19-16(5-10-30(19)18(31)11-17-15(24)13-27-29(17)4)28-20(32)14-12-22(14)6-8-23(25,26)9-7-22/h13-14,16,19H,5-12H2,1-4H3,(H,28,32)/t14?,16-,19-/m1/s1. The van der Waals surface area contributed by atoms with Gasteiger partial charge in [0.25, 0.3) is 0 Å². The summed E-state index contributed by atoms with van der Waals surface area (Å²) in [4.78, 5) is 28.1. The molecular weight excluding hydrogens is 438 g/mol. The Morgan fingerprint density at radius 1 is 1.25 bits per heavy atom. The Morgan fingerprint density at radius 2 is 1.91 bits per heavy atom. The van der Waals surface area contributed by atoms with E-state index in [4.69, 9.17) is 11.6 Å². The van der Waals surface area contributed by atoms with Gasteiger partial charge in [-0.25, -0.2) is 8.78 Å². The summed E-state index contributed by atoms with van der Waals surface area (Å²) >= 11 is 6.19. The molecule has 0 bridgehead atoms. The molecule has 32 heavy (non-hydrogen) atoms. The third kappa shape index (κ3) is 4.39. The predicted octanol–water partition coefficient (Wildman–Crippen LogP) is 3.96. The molecule has 3 fully saturated rings. The van der Waals surface area contributed by atoms with Crippen molar-refractivity contribution in [1.82, 2.24) is 20.0 Å². The van der Waals surface area contributed by atoms with E-state index in [9.17, 15) is 18.4 Å². The Balaban J connectivity index is 1.42. The first-order chi connectivity index (χ1) is 14.8. The summed E-state index contributed by atoms with van der Waals surface area (Å²) in [7, 11) is 1.76. The highest BCUT2D eigenvalue weighted by Gasteiger charge is 2.61. The molecule has 178 valence electrons. The summed E-state index contributed by atoms with van der Waals surface area (Å²) in [6.07, 6.45) is 3.66. The van der Waals surface area contributed by atoms with Crippen LogP contribution < -0.4 is 5.32 Å². The molecular formula is C23H33ClF2N4O2. The Hall–Kier alpha value is -1.70. The molecule has 2 saturated carbocycles. The lowest BCUT2D eigenvalue weighted by atomic mass is 9.81. The van der Waals surface area contributed by atoms with E-state index >= 15 is 0 Å². The molecule has 2 heterocycles. The van der Waals surface area contributed by atoms with Crippen LogP contribution in [0.25, 0.3) is 0 Å². The largest absolute Gasteiger partial charge is 0.351 e. The maximum absolute atomic E-state index is 13.6. The molecule has 1 spiro atoms. The number of nitrogens with one attached hydrogen (secondary N) is 1. The highest BCUT2D eigenvalue weighted by molar-refractivity contribution is 6.31. The molecule has 2 aliphatic carbocycles. The van der Waals surface area contributed by atoms with Crippen LogP contribution in [-0.2, 0) is 23.1 Å². The number of hydrogen-bond donors (Lipinski definition) is 1. The molecule has 1 aromatic heterocycles. The van der Waals surface area contributed by atoms with Crippen molar-refractivity contribution in [2.75, 3.05) is 6.54 Å². The Kier molecular flexibility index (Phi) is 5.83. The monoisotopic (exact) mass is 470 g/mol. The summed E-state index contributed by atoms with van der Waals surface area (Å²) in [5.41, 5.74) is 0.188. The quantitative estimate of drug-likeness (QED) is 0.724. The van der Waals surface area contributed by atoms with E-state index in [0.717, 1.165) is 0 Å². The van der Waals surface area contributed by atoms with Gasteiger partial charge in [-0.05, 0) is 36.5 Å². The van der Waals surface area contributed by atoms with E-state index in [0.29, 0.717) is 42.9 Å². The van der Waals surface area contributed by atoms with Crippen LogP contribution in [0.2, 0.25) is 5.02 Å². The smallest absolute Gasteiger partial charge is 0.248 e. The summed E-state index contributed by atoms with van der Waals surface area (Å²) in [5.74, 6) is -2.85. The number of hydrogen-bond acceptors (Lipinski definition) is 3. The van der Waals surface area contributed by atoms with Gasteiger partial charge in [0.2, 0.25) is 17.7 Å². The first-order valence-electron chi connectivity index (χ1n) is 11.5. The number of rotatable bonds is 4. The van der Waals surface area contributed by atoms with Crippen molar-refractivity contribution in [2.24, 2.45) is 23.8 Å². The number of amides is 2. The molecule has 1 saturated heterocycles. The van der Waals surface area contributed by atoms with Crippen LogP contribution in [0.3, 0.4) is 0 Å². The lowest BCUT2D eigenvalue weighted by Crippen LogP contribution is -2.53. The average molecular weight is 471 g/mol. The Bertz CT molecular complexity index is 881. The average Bonchev–Trinajstić information content (AvgIpc) is 3.10. The predicted molar refractivity (Wildman–Crippen MR) is 117 cm³/mol. The van der Waals surface area contributed by atoms with E-state index in [1.165, 1.54) is 6.20 Å². The van der Waals surface area contributed by atoms with Gasteiger partial charge in [0.1, 0.15) is 0 Å². The summed E-state index contributed by atoms with van der Waals surface area (Å²) in [5, 5.41) is 7.76. The number of nitrogens with zero attached hydrogens (tertiary/aromatic N) is 3. The second-order valence-electron chi connectivity index (χ2n) is 11.0. The van der Waals surface area contributed by atoms with Gasteiger partial charge < -0.3 is 10.2 Å². The van der Waals surface area contributed by atoms with Gasteiger partial charge in [0.05, 0.1) is 35.4 Å². The Morgan fingerprint density at radius 3 is 2.47 bits per heavy atom.